The number of nitrogens with zero attached hydrogens (tertiary/aromatic N) is 3. The van der Waals surface area contributed by atoms with E-state index in [0.29, 0.717) is 32.4 Å². The highest BCUT2D eigenvalue weighted by atomic mass is 19.4. The summed E-state index contributed by atoms with van der Waals surface area (Å²) in [5.74, 6) is -0.965. The van der Waals surface area contributed by atoms with Crippen molar-refractivity contribution < 1.29 is 32.3 Å². The third kappa shape index (κ3) is 4.53. The van der Waals surface area contributed by atoms with Crippen molar-refractivity contribution in [2.45, 2.75) is 50.9 Å². The highest BCUT2D eigenvalue weighted by molar-refractivity contribution is 6.21. The summed E-state index contributed by atoms with van der Waals surface area (Å²) in [7, 11) is 0. The standard InChI is InChI=1S/C22H25F3N4O4/c1-13(30)27-8-5-14(6-9-27)19(31)26-16-7-10-28-18(12-16)20(32)29(21(28)33)17-4-2-3-15(11-17)22(23,24)25/h2-4,11,14,16,18H,5-10,12H2,1H3,(H,26,31). The molecule has 3 saturated heterocycles. The van der Waals surface area contributed by atoms with Gasteiger partial charge < -0.3 is 15.1 Å². The topological polar surface area (TPSA) is 90.0 Å². The number of carbonyl (C=O) groups excluding carboxylic acids is 4. The number of halogens is 3. The number of hydrogen-bond donors (Lipinski definition) is 1. The summed E-state index contributed by atoms with van der Waals surface area (Å²) in [6.07, 6.45) is -2.81. The van der Waals surface area contributed by atoms with E-state index in [-0.39, 0.29) is 42.4 Å². The molecule has 3 fully saturated rings. The highest BCUT2D eigenvalue weighted by Crippen LogP contribution is 2.35. The number of amides is 5. The van der Waals surface area contributed by atoms with Crippen LogP contribution in [0.4, 0.5) is 23.7 Å². The Morgan fingerprint density at radius 2 is 1.76 bits per heavy atom. The second-order valence-corrected chi connectivity index (χ2v) is 8.72. The number of urea groups is 1. The number of hydrogen-bond acceptors (Lipinski definition) is 4. The lowest BCUT2D eigenvalue weighted by atomic mass is 9.93. The highest BCUT2D eigenvalue weighted by Gasteiger charge is 2.49. The number of fused-ring (bicyclic) bond motifs is 1. The van der Waals surface area contributed by atoms with Gasteiger partial charge in [0.25, 0.3) is 5.91 Å². The maximum atomic E-state index is 13.1. The molecule has 3 aliphatic heterocycles. The minimum atomic E-state index is -4.59. The van der Waals surface area contributed by atoms with Gasteiger partial charge in [-0.25, -0.2) is 9.69 Å². The zero-order valence-electron chi connectivity index (χ0n) is 18.1. The molecule has 0 spiro atoms. The molecule has 0 radical (unpaired) electrons. The molecule has 4 rings (SSSR count). The van der Waals surface area contributed by atoms with Gasteiger partial charge in [0, 0.05) is 38.5 Å². The molecular formula is C22H25F3N4O4. The van der Waals surface area contributed by atoms with Gasteiger partial charge in [0.2, 0.25) is 11.8 Å². The van der Waals surface area contributed by atoms with Crippen LogP contribution in [0.5, 0.6) is 0 Å². The molecule has 178 valence electrons. The third-order valence-corrected chi connectivity index (χ3v) is 6.63. The van der Waals surface area contributed by atoms with E-state index in [4.69, 9.17) is 0 Å². The van der Waals surface area contributed by atoms with Crippen LogP contribution in [0.15, 0.2) is 24.3 Å². The predicted octanol–water partition coefficient (Wildman–Crippen LogP) is 2.38. The van der Waals surface area contributed by atoms with Crippen LogP contribution >= 0.6 is 0 Å². The second kappa shape index (κ2) is 8.68. The zero-order chi connectivity index (χ0) is 23.9. The largest absolute Gasteiger partial charge is 0.416 e. The van der Waals surface area contributed by atoms with E-state index < -0.39 is 29.7 Å². The minimum Gasteiger partial charge on any atom is -0.353 e. The summed E-state index contributed by atoms with van der Waals surface area (Å²) in [5.41, 5.74) is -1.06. The van der Waals surface area contributed by atoms with E-state index in [1.807, 2.05) is 0 Å². The van der Waals surface area contributed by atoms with Crippen molar-refractivity contribution in [3.05, 3.63) is 29.8 Å². The smallest absolute Gasteiger partial charge is 0.353 e. The number of rotatable bonds is 3. The van der Waals surface area contributed by atoms with Crippen molar-refractivity contribution in [2.24, 2.45) is 5.92 Å². The first-order valence-electron chi connectivity index (χ1n) is 10.9. The van der Waals surface area contributed by atoms with Gasteiger partial charge in [-0.3, -0.25) is 14.4 Å². The molecule has 1 aromatic rings. The summed E-state index contributed by atoms with van der Waals surface area (Å²) in [6.45, 7) is 2.76. The summed E-state index contributed by atoms with van der Waals surface area (Å²) >= 11 is 0. The normalized spacial score (nSPS) is 24.2. The Kier molecular flexibility index (Phi) is 6.06. The quantitative estimate of drug-likeness (QED) is 0.693. The number of carbonyl (C=O) groups is 4. The number of benzene rings is 1. The van der Waals surface area contributed by atoms with Crippen LogP contribution in [0.3, 0.4) is 0 Å². The fourth-order valence-corrected chi connectivity index (χ4v) is 4.77. The van der Waals surface area contributed by atoms with Gasteiger partial charge in [-0.15, -0.1) is 0 Å². The maximum Gasteiger partial charge on any atom is 0.416 e. The lowest BCUT2D eigenvalue weighted by Crippen LogP contribution is -2.51. The fourth-order valence-electron chi connectivity index (χ4n) is 4.77. The summed E-state index contributed by atoms with van der Waals surface area (Å²) in [5, 5.41) is 2.96. The Morgan fingerprint density at radius 1 is 1.06 bits per heavy atom. The summed E-state index contributed by atoms with van der Waals surface area (Å²) in [4.78, 5) is 53.8. The van der Waals surface area contributed by atoms with Crippen molar-refractivity contribution in [3.63, 3.8) is 0 Å². The van der Waals surface area contributed by atoms with Crippen LogP contribution in [-0.4, -0.2) is 65.3 Å². The molecule has 8 nitrogen and oxygen atoms in total. The van der Waals surface area contributed by atoms with E-state index in [1.54, 1.807) is 4.90 Å². The number of likely N-dealkylation sites (tertiary alicyclic amines) is 1. The van der Waals surface area contributed by atoms with Gasteiger partial charge >= 0.3 is 12.2 Å². The SMILES string of the molecule is CC(=O)N1CCC(C(=O)NC2CCN3C(=O)N(c4cccc(C(F)(F)F)c4)C(=O)C3C2)CC1. The summed E-state index contributed by atoms with van der Waals surface area (Å²) in [6, 6.07) is 2.35. The van der Waals surface area contributed by atoms with Gasteiger partial charge in [0.05, 0.1) is 11.3 Å². The molecule has 2 unspecified atom stereocenters. The van der Waals surface area contributed by atoms with Crippen molar-refractivity contribution in [1.29, 1.82) is 0 Å². The van der Waals surface area contributed by atoms with Gasteiger partial charge in [-0.05, 0) is 43.9 Å². The molecule has 2 atom stereocenters. The Hall–Kier alpha value is -3.11. The number of anilines is 1. The monoisotopic (exact) mass is 466 g/mol. The molecule has 1 aromatic carbocycles. The van der Waals surface area contributed by atoms with Crippen molar-refractivity contribution in [1.82, 2.24) is 15.1 Å². The van der Waals surface area contributed by atoms with Crippen LogP contribution in [0, 0.1) is 5.92 Å². The number of nitrogens with one attached hydrogen (secondary N) is 1. The molecule has 33 heavy (non-hydrogen) atoms. The molecular weight excluding hydrogens is 441 g/mol. The van der Waals surface area contributed by atoms with Crippen molar-refractivity contribution in [3.8, 4) is 0 Å². The number of alkyl halides is 3. The second-order valence-electron chi connectivity index (χ2n) is 8.72. The van der Waals surface area contributed by atoms with Crippen molar-refractivity contribution in [2.75, 3.05) is 24.5 Å². The fraction of sp³-hybridized carbons (Fsp3) is 0.545. The minimum absolute atomic E-state index is 0.0176. The molecule has 0 aromatic heterocycles. The van der Waals surface area contributed by atoms with Gasteiger partial charge in [0.15, 0.2) is 0 Å². The van der Waals surface area contributed by atoms with Gasteiger partial charge in [-0.2, -0.15) is 13.2 Å². The Balaban J connectivity index is 1.40. The van der Waals surface area contributed by atoms with Crippen LogP contribution < -0.4 is 10.2 Å². The van der Waals surface area contributed by atoms with Crippen LogP contribution in [0.25, 0.3) is 0 Å². The summed E-state index contributed by atoms with van der Waals surface area (Å²) < 4.78 is 39.2. The molecule has 0 aliphatic carbocycles. The van der Waals surface area contributed by atoms with E-state index in [2.05, 4.69) is 5.32 Å². The first-order chi connectivity index (χ1) is 15.6. The first-order valence-corrected chi connectivity index (χ1v) is 10.9. The molecule has 11 heteroatoms. The van der Waals surface area contributed by atoms with Crippen LogP contribution in [0.2, 0.25) is 0 Å². The average Bonchev–Trinajstić information content (AvgIpc) is 3.03. The van der Waals surface area contributed by atoms with E-state index in [9.17, 15) is 32.3 Å². The van der Waals surface area contributed by atoms with Gasteiger partial charge in [0.1, 0.15) is 6.04 Å². The third-order valence-electron chi connectivity index (χ3n) is 6.63. The molecule has 5 amide bonds. The molecule has 0 saturated carbocycles. The van der Waals surface area contributed by atoms with E-state index in [1.165, 1.54) is 17.9 Å². The molecule has 3 aliphatic rings. The van der Waals surface area contributed by atoms with Gasteiger partial charge in [-0.1, -0.05) is 6.07 Å². The maximum absolute atomic E-state index is 13.1. The van der Waals surface area contributed by atoms with Crippen LogP contribution in [-0.2, 0) is 20.6 Å². The molecule has 1 N–H and O–H groups in total. The lowest BCUT2D eigenvalue weighted by Gasteiger charge is -2.35. The predicted molar refractivity (Wildman–Crippen MR) is 111 cm³/mol. The average molecular weight is 466 g/mol. The zero-order valence-corrected chi connectivity index (χ0v) is 18.1. The molecule has 0 bridgehead atoms. The van der Waals surface area contributed by atoms with E-state index in [0.717, 1.165) is 23.1 Å². The van der Waals surface area contributed by atoms with E-state index >= 15 is 0 Å². The number of imide groups is 1. The first kappa shape index (κ1) is 23.1. The molecule has 3 heterocycles. The Labute approximate surface area is 188 Å². The lowest BCUT2D eigenvalue weighted by molar-refractivity contribution is -0.137. The van der Waals surface area contributed by atoms with Crippen molar-refractivity contribution >= 4 is 29.4 Å². The van der Waals surface area contributed by atoms with Crippen LogP contribution in [0.1, 0.15) is 38.2 Å². The number of piperidine rings is 2. The Morgan fingerprint density at radius 3 is 2.39 bits per heavy atom. The Bertz CT molecular complexity index is 975.